The molecule has 0 aliphatic heterocycles. The molecule has 0 aromatic carbocycles. The highest BCUT2D eigenvalue weighted by molar-refractivity contribution is 7.10. The maximum Gasteiger partial charge on any atom is 0.100 e. The van der Waals surface area contributed by atoms with Crippen LogP contribution in [0.15, 0.2) is 11.4 Å². The van der Waals surface area contributed by atoms with Crippen LogP contribution in [-0.2, 0) is 6.54 Å². The molecule has 0 saturated heterocycles. The molecule has 0 saturated carbocycles. The summed E-state index contributed by atoms with van der Waals surface area (Å²) in [7, 11) is 0. The minimum atomic E-state index is 0.210. The molecule has 0 fully saturated rings. The maximum absolute atomic E-state index is 8.70. The van der Waals surface area contributed by atoms with Gasteiger partial charge in [-0.1, -0.05) is 0 Å². The number of nitrogens with one attached hydrogen (secondary N) is 1. The first-order chi connectivity index (χ1) is 6.76. The van der Waals surface area contributed by atoms with Gasteiger partial charge >= 0.3 is 0 Å². The summed E-state index contributed by atoms with van der Waals surface area (Å²) in [5.74, 6) is 0. The van der Waals surface area contributed by atoms with Crippen molar-refractivity contribution < 1.29 is 5.11 Å². The van der Waals surface area contributed by atoms with E-state index in [-0.39, 0.29) is 6.61 Å². The van der Waals surface area contributed by atoms with Gasteiger partial charge in [-0.25, -0.2) is 0 Å². The molecule has 0 aliphatic carbocycles. The predicted molar refractivity (Wildman–Crippen MR) is 57.0 cm³/mol. The lowest BCUT2D eigenvalue weighted by atomic mass is 10.2. The Labute approximate surface area is 88.0 Å². The summed E-state index contributed by atoms with van der Waals surface area (Å²) < 4.78 is 0. The molecule has 0 aliphatic rings. The lowest BCUT2D eigenvalue weighted by Crippen LogP contribution is -2.25. The van der Waals surface area contributed by atoms with Crippen LogP contribution in [0.2, 0.25) is 0 Å². The molecule has 76 valence electrons. The van der Waals surface area contributed by atoms with E-state index in [0.717, 1.165) is 23.4 Å². The summed E-state index contributed by atoms with van der Waals surface area (Å²) in [6.07, 6.45) is 0.760. The molecule has 1 rings (SSSR count). The van der Waals surface area contributed by atoms with Gasteiger partial charge in [0, 0.05) is 29.5 Å². The molecule has 0 unspecified atom stereocenters. The van der Waals surface area contributed by atoms with Crippen molar-refractivity contribution >= 4 is 11.3 Å². The van der Waals surface area contributed by atoms with Crippen molar-refractivity contribution in [1.82, 2.24) is 5.32 Å². The molecule has 14 heavy (non-hydrogen) atoms. The topological polar surface area (TPSA) is 56.0 Å². The molecule has 1 aromatic heterocycles. The molecule has 0 radical (unpaired) electrons. The SMILES string of the molecule is C[C@H](CCO)NCc1cc(C#N)cs1. The van der Waals surface area contributed by atoms with Gasteiger partial charge in [-0.2, -0.15) is 5.26 Å². The Kier molecular flexibility index (Phi) is 4.60. The Morgan fingerprint density at radius 2 is 2.50 bits per heavy atom. The molecule has 0 amide bonds. The van der Waals surface area contributed by atoms with E-state index >= 15 is 0 Å². The third-order valence-corrected chi connectivity index (χ3v) is 2.91. The molecule has 3 nitrogen and oxygen atoms in total. The highest BCUT2D eigenvalue weighted by Crippen LogP contribution is 2.13. The first-order valence-electron chi connectivity index (χ1n) is 4.58. The van der Waals surface area contributed by atoms with E-state index in [4.69, 9.17) is 10.4 Å². The van der Waals surface area contributed by atoms with Gasteiger partial charge in [-0.05, 0) is 19.4 Å². The molecular formula is C10H14N2OS. The zero-order valence-electron chi connectivity index (χ0n) is 8.16. The van der Waals surface area contributed by atoms with Crippen molar-refractivity contribution in [3.63, 3.8) is 0 Å². The average molecular weight is 210 g/mol. The van der Waals surface area contributed by atoms with Crippen LogP contribution in [0.1, 0.15) is 23.8 Å². The smallest absolute Gasteiger partial charge is 0.100 e. The third-order valence-electron chi connectivity index (χ3n) is 1.97. The first-order valence-corrected chi connectivity index (χ1v) is 5.46. The Bertz CT molecular complexity index is 316. The Morgan fingerprint density at radius 3 is 3.07 bits per heavy atom. The highest BCUT2D eigenvalue weighted by atomic mass is 32.1. The number of rotatable bonds is 5. The zero-order valence-corrected chi connectivity index (χ0v) is 8.97. The summed E-state index contributed by atoms with van der Waals surface area (Å²) >= 11 is 1.59. The summed E-state index contributed by atoms with van der Waals surface area (Å²) in [5, 5.41) is 22.4. The quantitative estimate of drug-likeness (QED) is 0.774. The van der Waals surface area contributed by atoms with Gasteiger partial charge in [0.2, 0.25) is 0 Å². The Balaban J connectivity index is 2.35. The first kappa shape index (κ1) is 11.2. The second-order valence-corrected chi connectivity index (χ2v) is 4.20. The van der Waals surface area contributed by atoms with Crippen LogP contribution >= 0.6 is 11.3 Å². The molecule has 2 N–H and O–H groups in total. The van der Waals surface area contributed by atoms with Crippen molar-refractivity contribution in [2.45, 2.75) is 25.9 Å². The number of nitrogens with zero attached hydrogens (tertiary/aromatic N) is 1. The molecule has 0 spiro atoms. The van der Waals surface area contributed by atoms with Crippen LogP contribution in [0.5, 0.6) is 0 Å². The van der Waals surface area contributed by atoms with E-state index in [1.54, 1.807) is 11.3 Å². The van der Waals surface area contributed by atoms with Crippen LogP contribution < -0.4 is 5.32 Å². The maximum atomic E-state index is 8.70. The molecule has 1 atom stereocenters. The van der Waals surface area contributed by atoms with E-state index in [2.05, 4.69) is 11.4 Å². The van der Waals surface area contributed by atoms with Crippen LogP contribution in [0.3, 0.4) is 0 Å². The molecular weight excluding hydrogens is 196 g/mol. The van der Waals surface area contributed by atoms with Crippen molar-refractivity contribution in [1.29, 1.82) is 5.26 Å². The number of nitriles is 1. The van der Waals surface area contributed by atoms with Crippen LogP contribution in [0.25, 0.3) is 0 Å². The lowest BCUT2D eigenvalue weighted by molar-refractivity contribution is 0.269. The fourth-order valence-corrected chi connectivity index (χ4v) is 1.86. The lowest BCUT2D eigenvalue weighted by Gasteiger charge is -2.10. The van der Waals surface area contributed by atoms with Gasteiger partial charge in [-0.3, -0.25) is 0 Å². The Hall–Kier alpha value is -0.890. The third kappa shape index (κ3) is 3.46. The van der Waals surface area contributed by atoms with Crippen molar-refractivity contribution in [2.75, 3.05) is 6.61 Å². The standard InChI is InChI=1S/C10H14N2OS/c1-8(2-3-13)12-6-10-4-9(5-11)7-14-10/h4,7-8,12-13H,2-3,6H2,1H3/t8-/m1/s1. The second-order valence-electron chi connectivity index (χ2n) is 3.21. The van der Waals surface area contributed by atoms with Gasteiger partial charge in [0.25, 0.3) is 0 Å². The normalized spacial score (nSPS) is 12.4. The van der Waals surface area contributed by atoms with Crippen molar-refractivity contribution in [3.8, 4) is 6.07 Å². The van der Waals surface area contributed by atoms with Crippen molar-refractivity contribution in [2.24, 2.45) is 0 Å². The largest absolute Gasteiger partial charge is 0.396 e. The molecule has 1 aromatic rings. The summed E-state index contributed by atoms with van der Waals surface area (Å²) in [6.45, 7) is 3.02. The minimum Gasteiger partial charge on any atom is -0.396 e. The van der Waals surface area contributed by atoms with Gasteiger partial charge in [0.05, 0.1) is 5.56 Å². The summed E-state index contributed by atoms with van der Waals surface area (Å²) in [4.78, 5) is 1.16. The predicted octanol–water partition coefficient (Wildman–Crippen LogP) is 1.48. The van der Waals surface area contributed by atoms with E-state index in [1.165, 1.54) is 0 Å². The fraction of sp³-hybridized carbons (Fsp3) is 0.500. The molecule has 4 heteroatoms. The monoisotopic (exact) mass is 210 g/mol. The van der Waals surface area contributed by atoms with Gasteiger partial charge in [0.1, 0.15) is 6.07 Å². The number of thiophene rings is 1. The van der Waals surface area contributed by atoms with Gasteiger partial charge in [0.15, 0.2) is 0 Å². The highest BCUT2D eigenvalue weighted by Gasteiger charge is 2.02. The zero-order chi connectivity index (χ0) is 10.4. The minimum absolute atomic E-state index is 0.210. The molecule has 0 bridgehead atoms. The fourth-order valence-electron chi connectivity index (χ4n) is 1.10. The van der Waals surface area contributed by atoms with Gasteiger partial charge in [-0.15, -0.1) is 11.3 Å². The van der Waals surface area contributed by atoms with E-state index in [1.807, 2.05) is 18.4 Å². The Morgan fingerprint density at radius 1 is 1.71 bits per heavy atom. The van der Waals surface area contributed by atoms with E-state index in [0.29, 0.717) is 6.04 Å². The number of aliphatic hydroxyl groups excluding tert-OH is 1. The summed E-state index contributed by atoms with van der Waals surface area (Å²) in [5.41, 5.74) is 0.724. The van der Waals surface area contributed by atoms with Crippen LogP contribution in [-0.4, -0.2) is 17.8 Å². The summed E-state index contributed by atoms with van der Waals surface area (Å²) in [6, 6.07) is 4.31. The second kappa shape index (κ2) is 5.76. The van der Waals surface area contributed by atoms with Crippen LogP contribution in [0, 0.1) is 11.3 Å². The molecule has 1 heterocycles. The van der Waals surface area contributed by atoms with E-state index < -0.39 is 0 Å². The van der Waals surface area contributed by atoms with Gasteiger partial charge < -0.3 is 10.4 Å². The average Bonchev–Trinajstić information content (AvgIpc) is 2.63. The number of hydrogen-bond donors (Lipinski definition) is 2. The van der Waals surface area contributed by atoms with E-state index in [9.17, 15) is 0 Å². The van der Waals surface area contributed by atoms with Crippen LogP contribution in [0.4, 0.5) is 0 Å². The number of hydrogen-bond acceptors (Lipinski definition) is 4. The van der Waals surface area contributed by atoms with Crippen molar-refractivity contribution in [3.05, 3.63) is 21.9 Å². The number of aliphatic hydroxyl groups is 1.